The molecule has 0 amide bonds. The maximum atomic E-state index is 8.56. The maximum Gasteiger partial charge on any atom is 0.193 e. The summed E-state index contributed by atoms with van der Waals surface area (Å²) in [5.41, 5.74) is 10.2. The molecule has 0 radical (unpaired) electrons. The first-order valence-corrected chi connectivity index (χ1v) is 7.09. The Morgan fingerprint density at radius 2 is 2.00 bits per heavy atom. The molecule has 2 aromatic heterocycles. The van der Waals surface area contributed by atoms with Gasteiger partial charge in [-0.25, -0.2) is 0 Å². The van der Waals surface area contributed by atoms with Crippen molar-refractivity contribution >= 4 is 28.4 Å². The van der Waals surface area contributed by atoms with E-state index in [1.54, 1.807) is 22.7 Å². The van der Waals surface area contributed by atoms with Crippen LogP contribution in [0.25, 0.3) is 20.9 Å². The lowest BCUT2D eigenvalue weighted by Crippen LogP contribution is -1.96. The van der Waals surface area contributed by atoms with Gasteiger partial charge in [-0.05, 0) is 28.4 Å². The van der Waals surface area contributed by atoms with Gasteiger partial charge in [-0.2, -0.15) is 0 Å². The number of hydrogen-bond acceptors (Lipinski definition) is 5. The van der Waals surface area contributed by atoms with Crippen molar-refractivity contribution in [2.75, 3.05) is 13.2 Å². The predicted octanol–water partition coefficient (Wildman–Crippen LogP) is 4.46. The van der Waals surface area contributed by atoms with Gasteiger partial charge in [-0.1, -0.05) is 5.11 Å². The Morgan fingerprint density at radius 1 is 1.22 bits per heavy atom. The van der Waals surface area contributed by atoms with Gasteiger partial charge in [0.1, 0.15) is 0 Å². The summed E-state index contributed by atoms with van der Waals surface area (Å²) in [5, 5.41) is 7.61. The number of hydrogen-bond donors (Lipinski definition) is 0. The van der Waals surface area contributed by atoms with Crippen molar-refractivity contribution < 1.29 is 9.47 Å². The number of nitrogens with zero attached hydrogens (tertiary/aromatic N) is 3. The lowest BCUT2D eigenvalue weighted by atomic mass is 10.2. The molecule has 3 heterocycles. The summed E-state index contributed by atoms with van der Waals surface area (Å²) in [6.45, 7) is 1.24. The zero-order chi connectivity index (χ0) is 12.4. The fourth-order valence-corrected chi connectivity index (χ4v) is 3.66. The first kappa shape index (κ1) is 11.7. The van der Waals surface area contributed by atoms with Crippen LogP contribution in [0.1, 0.15) is 11.2 Å². The van der Waals surface area contributed by atoms with E-state index >= 15 is 0 Å². The molecule has 18 heavy (non-hydrogen) atoms. The van der Waals surface area contributed by atoms with Crippen molar-refractivity contribution in [3.05, 3.63) is 38.2 Å². The zero-order valence-corrected chi connectivity index (χ0v) is 10.9. The quantitative estimate of drug-likeness (QED) is 0.472. The Hall–Kier alpha value is -1.37. The highest BCUT2D eigenvalue weighted by molar-refractivity contribution is 7.15. The fraction of sp³-hybridized carbons (Fsp3) is 0.273. The first-order chi connectivity index (χ1) is 8.90. The van der Waals surface area contributed by atoms with E-state index < -0.39 is 0 Å². The van der Waals surface area contributed by atoms with E-state index in [-0.39, 0.29) is 6.29 Å². The van der Waals surface area contributed by atoms with Crippen LogP contribution in [0.2, 0.25) is 0 Å². The number of rotatable bonds is 3. The summed E-state index contributed by atoms with van der Waals surface area (Å²) in [4.78, 5) is 4.84. The monoisotopic (exact) mass is 279 g/mol. The van der Waals surface area contributed by atoms with Crippen LogP contribution < -0.4 is 0 Å². The predicted molar refractivity (Wildman–Crippen MR) is 71.1 cm³/mol. The van der Waals surface area contributed by atoms with E-state index in [1.807, 2.05) is 22.9 Å². The lowest BCUT2D eigenvalue weighted by Gasteiger charge is -2.09. The Kier molecular flexibility index (Phi) is 3.31. The Labute approximate surface area is 111 Å². The highest BCUT2D eigenvalue weighted by atomic mass is 32.1. The molecule has 1 saturated heterocycles. The number of thiophene rings is 2. The van der Waals surface area contributed by atoms with Gasteiger partial charge in [0, 0.05) is 15.4 Å². The Bertz CT molecular complexity index is 595. The zero-order valence-electron chi connectivity index (χ0n) is 9.28. The van der Waals surface area contributed by atoms with Crippen LogP contribution >= 0.6 is 22.7 Å². The van der Waals surface area contributed by atoms with Gasteiger partial charge in [0.2, 0.25) is 0 Å². The normalized spacial score (nSPS) is 15.8. The molecule has 2 aromatic rings. The van der Waals surface area contributed by atoms with Crippen LogP contribution in [0.4, 0.5) is 5.69 Å². The Balaban J connectivity index is 2.03. The van der Waals surface area contributed by atoms with Crippen LogP contribution in [0, 0.1) is 0 Å². The molecule has 0 bridgehead atoms. The molecule has 0 N–H and O–H groups in total. The van der Waals surface area contributed by atoms with Gasteiger partial charge in [0.05, 0.1) is 23.8 Å². The summed E-state index contributed by atoms with van der Waals surface area (Å²) in [7, 11) is 0. The molecule has 1 aliphatic heterocycles. The van der Waals surface area contributed by atoms with Crippen LogP contribution in [0.5, 0.6) is 0 Å². The first-order valence-electron chi connectivity index (χ1n) is 5.33. The van der Waals surface area contributed by atoms with Crippen LogP contribution in [-0.2, 0) is 9.47 Å². The highest BCUT2D eigenvalue weighted by Crippen LogP contribution is 2.43. The largest absolute Gasteiger partial charge is 0.345 e. The molecule has 7 heteroatoms. The maximum absolute atomic E-state index is 8.56. The molecule has 0 spiro atoms. The van der Waals surface area contributed by atoms with Crippen LogP contribution in [-0.4, -0.2) is 13.2 Å². The minimum atomic E-state index is -0.291. The van der Waals surface area contributed by atoms with Crippen molar-refractivity contribution in [3.63, 3.8) is 0 Å². The average molecular weight is 279 g/mol. The summed E-state index contributed by atoms with van der Waals surface area (Å²) in [6, 6.07) is 3.82. The third kappa shape index (κ3) is 2.03. The van der Waals surface area contributed by atoms with Crippen molar-refractivity contribution in [3.8, 4) is 10.4 Å². The molecule has 3 rings (SSSR count). The number of ether oxygens (including phenoxy) is 2. The van der Waals surface area contributed by atoms with Gasteiger partial charge in [0.25, 0.3) is 0 Å². The SMILES string of the molecule is [N-]=[N+]=Nc1ccsc1-c1ccsc1C1OCCO1. The van der Waals surface area contributed by atoms with E-state index in [9.17, 15) is 0 Å². The van der Waals surface area contributed by atoms with Gasteiger partial charge >= 0.3 is 0 Å². The van der Waals surface area contributed by atoms with Crippen molar-refractivity contribution in [2.45, 2.75) is 6.29 Å². The summed E-state index contributed by atoms with van der Waals surface area (Å²) in [5.74, 6) is 0. The second-order valence-corrected chi connectivity index (χ2v) is 5.46. The Morgan fingerprint density at radius 3 is 2.78 bits per heavy atom. The van der Waals surface area contributed by atoms with Crippen LogP contribution in [0.15, 0.2) is 28.0 Å². The van der Waals surface area contributed by atoms with E-state index in [4.69, 9.17) is 15.0 Å². The third-order valence-electron chi connectivity index (χ3n) is 2.57. The van der Waals surface area contributed by atoms with E-state index in [2.05, 4.69) is 10.0 Å². The molecule has 92 valence electrons. The summed E-state index contributed by atoms with van der Waals surface area (Å²) in [6.07, 6.45) is -0.291. The molecule has 1 aliphatic rings. The van der Waals surface area contributed by atoms with Gasteiger partial charge in [-0.15, -0.1) is 22.7 Å². The second-order valence-electron chi connectivity index (χ2n) is 3.60. The van der Waals surface area contributed by atoms with Crippen molar-refractivity contribution in [1.29, 1.82) is 0 Å². The smallest absolute Gasteiger partial charge is 0.193 e. The van der Waals surface area contributed by atoms with E-state index in [1.165, 1.54) is 0 Å². The second kappa shape index (κ2) is 5.09. The van der Waals surface area contributed by atoms with E-state index in [0.717, 1.165) is 15.3 Å². The standard InChI is InChI=1S/C11H9N3O2S2/c12-14-13-8-2-6-17-9(8)7-1-5-18-10(7)11-15-3-4-16-11/h1-2,5-6,11H,3-4H2. The lowest BCUT2D eigenvalue weighted by molar-refractivity contribution is -0.0409. The molecule has 1 fully saturated rings. The minimum Gasteiger partial charge on any atom is -0.345 e. The molecular weight excluding hydrogens is 270 g/mol. The molecule has 0 unspecified atom stereocenters. The highest BCUT2D eigenvalue weighted by Gasteiger charge is 2.24. The molecule has 0 aliphatic carbocycles. The molecule has 0 aromatic carbocycles. The topological polar surface area (TPSA) is 67.2 Å². The summed E-state index contributed by atoms with van der Waals surface area (Å²) < 4.78 is 11.1. The molecule has 0 atom stereocenters. The van der Waals surface area contributed by atoms with Gasteiger partial charge < -0.3 is 9.47 Å². The average Bonchev–Trinajstić information content (AvgIpc) is 3.10. The van der Waals surface area contributed by atoms with Crippen molar-refractivity contribution in [2.24, 2.45) is 5.11 Å². The van der Waals surface area contributed by atoms with Gasteiger partial charge in [-0.3, -0.25) is 0 Å². The van der Waals surface area contributed by atoms with Crippen molar-refractivity contribution in [1.82, 2.24) is 0 Å². The fourth-order valence-electron chi connectivity index (χ4n) is 1.83. The summed E-state index contributed by atoms with van der Waals surface area (Å²) >= 11 is 3.14. The minimum absolute atomic E-state index is 0.291. The van der Waals surface area contributed by atoms with E-state index in [0.29, 0.717) is 18.9 Å². The number of azide groups is 1. The molecule has 5 nitrogen and oxygen atoms in total. The van der Waals surface area contributed by atoms with Crippen LogP contribution in [0.3, 0.4) is 0 Å². The molecular formula is C11H9N3O2S2. The molecule has 0 saturated carbocycles. The van der Waals surface area contributed by atoms with Gasteiger partial charge in [0.15, 0.2) is 6.29 Å². The third-order valence-corrected chi connectivity index (χ3v) is 4.45.